The fraction of sp³-hybridized carbons (Fsp3) is 0.600. The third kappa shape index (κ3) is 3.42. The number of carbonyl (C=O) groups is 2. The van der Waals surface area contributed by atoms with Crippen LogP contribution in [0.2, 0.25) is 0 Å². The second-order valence-electron chi connectivity index (χ2n) is 7.86. The van der Waals surface area contributed by atoms with Crippen molar-refractivity contribution in [2.45, 2.75) is 52.0 Å². The first-order chi connectivity index (χ1) is 13.0. The van der Waals surface area contributed by atoms with Gasteiger partial charge in [0.2, 0.25) is 5.91 Å². The van der Waals surface area contributed by atoms with Gasteiger partial charge in [0.1, 0.15) is 5.56 Å². The van der Waals surface area contributed by atoms with Gasteiger partial charge in [-0.25, -0.2) is 9.50 Å². The highest BCUT2D eigenvalue weighted by Gasteiger charge is 2.35. The van der Waals surface area contributed by atoms with Crippen molar-refractivity contribution >= 4 is 17.5 Å². The minimum Gasteiger partial charge on any atom is -0.340 e. The Morgan fingerprint density at radius 3 is 2.59 bits per heavy atom. The van der Waals surface area contributed by atoms with Gasteiger partial charge in [-0.05, 0) is 50.5 Å². The quantitative estimate of drug-likeness (QED) is 0.814. The number of carbonyl (C=O) groups excluding carboxylic acids is 2. The van der Waals surface area contributed by atoms with Gasteiger partial charge in [-0.2, -0.15) is 5.10 Å². The van der Waals surface area contributed by atoms with Crippen LogP contribution >= 0.6 is 0 Å². The van der Waals surface area contributed by atoms with E-state index in [1.165, 1.54) is 6.42 Å². The highest BCUT2D eigenvalue weighted by atomic mass is 16.2. The first-order valence-corrected chi connectivity index (χ1v) is 9.91. The maximum atomic E-state index is 13.0. The summed E-state index contributed by atoms with van der Waals surface area (Å²) in [6, 6.07) is 0.343. The van der Waals surface area contributed by atoms with Crippen molar-refractivity contribution < 1.29 is 9.59 Å². The molecule has 0 aliphatic carbocycles. The fourth-order valence-corrected chi connectivity index (χ4v) is 4.62. The van der Waals surface area contributed by atoms with E-state index >= 15 is 0 Å². The zero-order valence-corrected chi connectivity index (χ0v) is 16.1. The molecule has 0 radical (unpaired) electrons. The SMILES string of the molecule is CC(=O)N1CCCC[C@H]1C1CCN(C(=O)c2cnn3cc(C)cnc23)CC1. The number of piperidine rings is 2. The van der Waals surface area contributed by atoms with Crippen LogP contribution in [0.15, 0.2) is 18.6 Å². The van der Waals surface area contributed by atoms with E-state index in [9.17, 15) is 9.59 Å². The highest BCUT2D eigenvalue weighted by molar-refractivity contribution is 5.99. The molecule has 7 nitrogen and oxygen atoms in total. The summed E-state index contributed by atoms with van der Waals surface area (Å²) in [4.78, 5) is 33.3. The zero-order chi connectivity index (χ0) is 19.0. The van der Waals surface area contributed by atoms with Crippen molar-refractivity contribution in [1.29, 1.82) is 0 Å². The molecular formula is C20H27N5O2. The molecule has 2 saturated heterocycles. The molecule has 4 rings (SSSR count). The van der Waals surface area contributed by atoms with Gasteiger partial charge < -0.3 is 9.80 Å². The molecular weight excluding hydrogens is 342 g/mol. The molecule has 0 aromatic carbocycles. The van der Waals surface area contributed by atoms with Crippen LogP contribution < -0.4 is 0 Å². The summed E-state index contributed by atoms with van der Waals surface area (Å²) in [5.41, 5.74) is 2.19. The molecule has 2 aromatic heterocycles. The molecule has 4 heterocycles. The molecule has 0 saturated carbocycles. The van der Waals surface area contributed by atoms with Gasteiger partial charge >= 0.3 is 0 Å². The molecule has 2 fully saturated rings. The van der Waals surface area contributed by atoms with Crippen LogP contribution in [-0.2, 0) is 4.79 Å². The molecule has 2 aromatic rings. The van der Waals surface area contributed by atoms with Gasteiger partial charge in [0.25, 0.3) is 5.91 Å². The highest BCUT2D eigenvalue weighted by Crippen LogP contribution is 2.31. The summed E-state index contributed by atoms with van der Waals surface area (Å²) in [6.07, 6.45) is 10.6. The Morgan fingerprint density at radius 1 is 1.07 bits per heavy atom. The van der Waals surface area contributed by atoms with Gasteiger partial charge in [0.05, 0.1) is 6.20 Å². The number of nitrogens with zero attached hydrogens (tertiary/aromatic N) is 5. The number of hydrogen-bond acceptors (Lipinski definition) is 4. The molecule has 0 bridgehead atoms. The lowest BCUT2D eigenvalue weighted by Gasteiger charge is -2.43. The molecule has 1 atom stereocenters. The zero-order valence-electron chi connectivity index (χ0n) is 16.1. The number of amides is 2. The molecule has 7 heteroatoms. The minimum atomic E-state index is 0.00636. The van der Waals surface area contributed by atoms with Crippen LogP contribution in [0.1, 0.15) is 54.9 Å². The number of fused-ring (bicyclic) bond motifs is 1. The average Bonchev–Trinajstić information content (AvgIpc) is 3.10. The van der Waals surface area contributed by atoms with E-state index in [0.29, 0.717) is 23.2 Å². The van der Waals surface area contributed by atoms with Crippen LogP contribution in [0.4, 0.5) is 0 Å². The molecule has 2 aliphatic heterocycles. The minimum absolute atomic E-state index is 0.00636. The van der Waals surface area contributed by atoms with E-state index in [1.807, 2.05) is 18.0 Å². The summed E-state index contributed by atoms with van der Waals surface area (Å²) >= 11 is 0. The molecule has 2 amide bonds. The van der Waals surface area contributed by atoms with Crippen LogP contribution in [0, 0.1) is 12.8 Å². The standard InChI is InChI=1S/C20H27N5O2/c1-14-11-21-19-17(12-22-25(19)13-14)20(27)23-9-6-16(7-10-23)18-5-3-4-8-24(18)15(2)26/h11-13,16,18H,3-10H2,1-2H3/t18-/m0/s1. The molecule has 0 unspecified atom stereocenters. The van der Waals surface area contributed by atoms with Crippen molar-refractivity contribution in [3.63, 3.8) is 0 Å². The Balaban J connectivity index is 1.44. The average molecular weight is 369 g/mol. The first kappa shape index (κ1) is 17.9. The van der Waals surface area contributed by atoms with Crippen LogP contribution in [0.25, 0.3) is 5.65 Å². The van der Waals surface area contributed by atoms with Gasteiger partial charge in [0, 0.05) is 45.0 Å². The van der Waals surface area contributed by atoms with Crippen LogP contribution in [0.3, 0.4) is 0 Å². The first-order valence-electron chi connectivity index (χ1n) is 9.91. The molecule has 2 aliphatic rings. The fourth-order valence-electron chi connectivity index (χ4n) is 4.62. The van der Waals surface area contributed by atoms with Gasteiger partial charge in [-0.15, -0.1) is 0 Å². The van der Waals surface area contributed by atoms with E-state index in [-0.39, 0.29) is 11.8 Å². The number of likely N-dealkylation sites (tertiary alicyclic amines) is 2. The van der Waals surface area contributed by atoms with Crippen LogP contribution in [-0.4, -0.2) is 61.9 Å². The Kier molecular flexibility index (Phi) is 4.85. The van der Waals surface area contributed by atoms with Crippen LogP contribution in [0.5, 0.6) is 0 Å². The molecule has 0 spiro atoms. The van der Waals surface area contributed by atoms with E-state index in [2.05, 4.69) is 15.0 Å². The predicted molar refractivity (Wildman–Crippen MR) is 101 cm³/mol. The smallest absolute Gasteiger partial charge is 0.259 e. The van der Waals surface area contributed by atoms with Crippen molar-refractivity contribution in [1.82, 2.24) is 24.4 Å². The van der Waals surface area contributed by atoms with Crippen molar-refractivity contribution in [3.05, 3.63) is 29.7 Å². The molecule has 144 valence electrons. The van der Waals surface area contributed by atoms with Gasteiger partial charge in [0.15, 0.2) is 5.65 Å². The summed E-state index contributed by atoms with van der Waals surface area (Å²) in [7, 11) is 0. The molecule has 27 heavy (non-hydrogen) atoms. The van der Waals surface area contributed by atoms with Gasteiger partial charge in [-0.1, -0.05) is 0 Å². The number of aryl methyl sites for hydroxylation is 1. The topological polar surface area (TPSA) is 70.8 Å². The largest absolute Gasteiger partial charge is 0.340 e. The molecule has 0 N–H and O–H groups in total. The summed E-state index contributed by atoms with van der Waals surface area (Å²) in [5, 5.41) is 4.28. The second-order valence-corrected chi connectivity index (χ2v) is 7.86. The van der Waals surface area contributed by atoms with Crippen molar-refractivity contribution in [2.24, 2.45) is 5.92 Å². The monoisotopic (exact) mass is 369 g/mol. The van der Waals surface area contributed by atoms with E-state index in [1.54, 1.807) is 23.8 Å². The van der Waals surface area contributed by atoms with Crippen molar-refractivity contribution in [2.75, 3.05) is 19.6 Å². The van der Waals surface area contributed by atoms with Gasteiger partial charge in [-0.3, -0.25) is 9.59 Å². The Bertz CT molecular complexity index is 853. The lowest BCUT2D eigenvalue weighted by Crippen LogP contribution is -2.50. The Hall–Kier alpha value is -2.44. The number of hydrogen-bond donors (Lipinski definition) is 0. The lowest BCUT2D eigenvalue weighted by molar-refractivity contribution is -0.134. The number of aromatic nitrogens is 3. The lowest BCUT2D eigenvalue weighted by atomic mass is 9.83. The van der Waals surface area contributed by atoms with E-state index in [4.69, 9.17) is 0 Å². The van der Waals surface area contributed by atoms with Crippen molar-refractivity contribution in [3.8, 4) is 0 Å². The predicted octanol–water partition coefficient (Wildman–Crippen LogP) is 2.29. The maximum Gasteiger partial charge on any atom is 0.259 e. The van der Waals surface area contributed by atoms with E-state index < -0.39 is 0 Å². The number of rotatable bonds is 2. The summed E-state index contributed by atoms with van der Waals surface area (Å²) in [5.74, 6) is 0.681. The summed E-state index contributed by atoms with van der Waals surface area (Å²) < 4.78 is 1.67. The second kappa shape index (κ2) is 7.29. The third-order valence-electron chi connectivity index (χ3n) is 6.04. The normalized spacial score (nSPS) is 21.6. The maximum absolute atomic E-state index is 13.0. The Labute approximate surface area is 159 Å². The summed E-state index contributed by atoms with van der Waals surface area (Å²) in [6.45, 7) is 5.98. The third-order valence-corrected chi connectivity index (χ3v) is 6.04. The van der Waals surface area contributed by atoms with E-state index in [0.717, 1.165) is 50.9 Å². The Morgan fingerprint density at radius 2 is 1.85 bits per heavy atom.